The van der Waals surface area contributed by atoms with Crippen LogP contribution in [0.5, 0.6) is 5.75 Å². The molecular weight excluding hydrogens is 452 g/mol. The molecule has 0 aliphatic carbocycles. The summed E-state index contributed by atoms with van der Waals surface area (Å²) in [7, 11) is -5.48. The molecule has 0 amide bonds. The predicted octanol–water partition coefficient (Wildman–Crippen LogP) is 5.49. The van der Waals surface area contributed by atoms with Gasteiger partial charge in [-0.15, -0.1) is 0 Å². The molecule has 0 fully saturated rings. The summed E-state index contributed by atoms with van der Waals surface area (Å²) in [5.41, 5.74) is -4.33. The Morgan fingerprint density at radius 1 is 1.06 bits per heavy atom. The van der Waals surface area contributed by atoms with Crippen molar-refractivity contribution in [3.8, 4) is 17.2 Å². The van der Waals surface area contributed by atoms with Crippen molar-refractivity contribution in [2.75, 3.05) is 11.3 Å². The van der Waals surface area contributed by atoms with Gasteiger partial charge in [0.25, 0.3) is 0 Å². The van der Waals surface area contributed by atoms with Crippen LogP contribution in [0.2, 0.25) is 0 Å². The van der Waals surface area contributed by atoms with E-state index < -0.39 is 15.5 Å². The zero-order valence-corrected chi connectivity index (χ0v) is 17.9. The number of anilines is 1. The first-order valence-corrected chi connectivity index (χ1v) is 11.0. The summed E-state index contributed by atoms with van der Waals surface area (Å²) in [5, 5.41) is 0. The normalized spacial score (nSPS) is 12.2. The lowest BCUT2D eigenvalue weighted by molar-refractivity contribution is -0.0429. The van der Waals surface area contributed by atoms with Gasteiger partial charge in [0.05, 0.1) is 12.3 Å². The van der Waals surface area contributed by atoms with Crippen LogP contribution in [0.3, 0.4) is 0 Å². The minimum absolute atomic E-state index is 0.0487. The molecule has 6 nitrogen and oxygen atoms in total. The van der Waals surface area contributed by atoms with E-state index in [9.17, 15) is 26.0 Å². The predicted molar refractivity (Wildman–Crippen MR) is 110 cm³/mol. The maximum atomic E-state index is 13.1. The maximum Gasteiger partial charge on any atom is 0.516 e. The molecule has 3 aromatic rings. The van der Waals surface area contributed by atoms with Crippen molar-refractivity contribution in [2.45, 2.75) is 31.7 Å². The summed E-state index contributed by atoms with van der Waals surface area (Å²) in [6, 6.07) is 10.8. The molecule has 1 heterocycles. The molecule has 172 valence electrons. The molecule has 32 heavy (non-hydrogen) atoms. The van der Waals surface area contributed by atoms with Gasteiger partial charge in [0.1, 0.15) is 17.3 Å². The van der Waals surface area contributed by atoms with Gasteiger partial charge in [0, 0.05) is 23.6 Å². The molecule has 0 saturated heterocycles. The van der Waals surface area contributed by atoms with Crippen molar-refractivity contribution in [2.24, 2.45) is 0 Å². The Hall–Kier alpha value is -3.08. The van der Waals surface area contributed by atoms with E-state index in [1.54, 1.807) is 12.1 Å². The number of halogens is 4. The number of nitrogens with one attached hydrogen (secondary N) is 1. The molecule has 0 atom stereocenters. The van der Waals surface area contributed by atoms with E-state index in [-0.39, 0.29) is 24.0 Å². The number of sulfonamides is 1. The number of hydrogen-bond acceptors (Lipinski definition) is 5. The third kappa shape index (κ3) is 5.58. The van der Waals surface area contributed by atoms with Crippen LogP contribution in [-0.4, -0.2) is 25.5 Å². The Kier molecular flexibility index (Phi) is 6.77. The van der Waals surface area contributed by atoms with Crippen LogP contribution in [0.4, 0.5) is 23.2 Å². The van der Waals surface area contributed by atoms with Gasteiger partial charge in [-0.05, 0) is 48.5 Å². The highest BCUT2D eigenvalue weighted by molar-refractivity contribution is 7.93. The summed E-state index contributed by atoms with van der Waals surface area (Å²) >= 11 is 0. The Morgan fingerprint density at radius 2 is 1.69 bits per heavy atom. The van der Waals surface area contributed by atoms with Crippen LogP contribution in [-0.2, 0) is 16.4 Å². The van der Waals surface area contributed by atoms with Crippen molar-refractivity contribution in [3.05, 3.63) is 65.8 Å². The Labute approximate surface area is 182 Å². The molecule has 0 saturated carbocycles. The molecule has 0 unspecified atom stereocenters. The second-order valence-electron chi connectivity index (χ2n) is 7.17. The number of rotatable bonds is 8. The van der Waals surface area contributed by atoms with E-state index in [4.69, 9.17) is 9.15 Å². The molecule has 0 aliphatic heterocycles. The summed E-state index contributed by atoms with van der Waals surface area (Å²) in [4.78, 5) is 4.49. The fourth-order valence-electron chi connectivity index (χ4n) is 2.81. The summed E-state index contributed by atoms with van der Waals surface area (Å²) in [6.07, 6.45) is 0.390. The minimum atomic E-state index is -5.48. The van der Waals surface area contributed by atoms with E-state index in [1.165, 1.54) is 41.1 Å². The van der Waals surface area contributed by atoms with Gasteiger partial charge in [-0.3, -0.25) is 4.72 Å². The first-order chi connectivity index (χ1) is 15.0. The third-order valence-corrected chi connectivity index (χ3v) is 5.48. The van der Waals surface area contributed by atoms with Gasteiger partial charge < -0.3 is 9.15 Å². The molecule has 0 bridgehead atoms. The number of ether oxygens (including phenoxy) is 1. The SMILES string of the molecule is CC(C)c1oc(-c2ccc(F)cc2)nc1CCOc1ccc(NS(=O)(=O)C(F)(F)F)cc1. The van der Waals surface area contributed by atoms with Crippen LogP contribution >= 0.6 is 0 Å². The van der Waals surface area contributed by atoms with Crippen molar-refractivity contribution in [1.82, 2.24) is 4.98 Å². The van der Waals surface area contributed by atoms with Crippen LogP contribution in [0, 0.1) is 5.82 Å². The summed E-state index contributed by atoms with van der Waals surface area (Å²) in [6.45, 7) is 4.09. The first kappa shape index (κ1) is 23.6. The van der Waals surface area contributed by atoms with Crippen molar-refractivity contribution in [3.63, 3.8) is 0 Å². The van der Waals surface area contributed by atoms with Crippen LogP contribution in [0.25, 0.3) is 11.5 Å². The van der Waals surface area contributed by atoms with Gasteiger partial charge in [0.15, 0.2) is 0 Å². The highest BCUT2D eigenvalue weighted by Gasteiger charge is 2.46. The zero-order valence-electron chi connectivity index (χ0n) is 17.1. The number of hydrogen-bond donors (Lipinski definition) is 1. The van der Waals surface area contributed by atoms with E-state index in [2.05, 4.69) is 4.98 Å². The fourth-order valence-corrected chi connectivity index (χ4v) is 3.37. The highest BCUT2D eigenvalue weighted by atomic mass is 32.2. The quantitative estimate of drug-likeness (QED) is 0.439. The first-order valence-electron chi connectivity index (χ1n) is 9.54. The molecule has 0 spiro atoms. The fraction of sp³-hybridized carbons (Fsp3) is 0.286. The molecule has 0 aliphatic rings. The molecule has 1 N–H and O–H groups in total. The van der Waals surface area contributed by atoms with Crippen molar-refractivity contribution < 1.29 is 35.1 Å². The number of oxazole rings is 1. The number of alkyl halides is 3. The van der Waals surface area contributed by atoms with Crippen LogP contribution in [0.1, 0.15) is 31.2 Å². The monoisotopic (exact) mass is 472 g/mol. The van der Waals surface area contributed by atoms with Gasteiger partial charge in [-0.1, -0.05) is 13.8 Å². The Morgan fingerprint density at radius 3 is 2.25 bits per heavy atom. The van der Waals surface area contributed by atoms with Gasteiger partial charge in [-0.2, -0.15) is 21.6 Å². The van der Waals surface area contributed by atoms with E-state index in [0.29, 0.717) is 35.1 Å². The van der Waals surface area contributed by atoms with E-state index in [0.717, 1.165) is 0 Å². The second-order valence-corrected chi connectivity index (χ2v) is 8.84. The average molecular weight is 472 g/mol. The van der Waals surface area contributed by atoms with Crippen LogP contribution in [0.15, 0.2) is 52.9 Å². The largest absolute Gasteiger partial charge is 0.516 e. The zero-order chi connectivity index (χ0) is 23.5. The highest BCUT2D eigenvalue weighted by Crippen LogP contribution is 2.28. The number of nitrogens with zero attached hydrogens (tertiary/aromatic N) is 1. The van der Waals surface area contributed by atoms with Crippen molar-refractivity contribution in [1.29, 1.82) is 0 Å². The van der Waals surface area contributed by atoms with Gasteiger partial charge in [-0.25, -0.2) is 9.37 Å². The molecule has 0 radical (unpaired) electrons. The number of aromatic nitrogens is 1. The molecule has 11 heteroatoms. The van der Waals surface area contributed by atoms with Gasteiger partial charge >= 0.3 is 15.5 Å². The summed E-state index contributed by atoms with van der Waals surface area (Å²) in [5.74, 6) is 1.06. The number of benzene rings is 2. The Bertz CT molecular complexity index is 1160. The lowest BCUT2D eigenvalue weighted by Gasteiger charge is -2.11. The van der Waals surface area contributed by atoms with E-state index in [1.807, 2.05) is 13.8 Å². The average Bonchev–Trinajstić information content (AvgIpc) is 3.13. The topological polar surface area (TPSA) is 81.4 Å². The molecule has 2 aromatic carbocycles. The minimum Gasteiger partial charge on any atom is -0.493 e. The molecule has 3 rings (SSSR count). The molecule has 1 aromatic heterocycles. The maximum absolute atomic E-state index is 13.1. The second kappa shape index (κ2) is 9.19. The lowest BCUT2D eigenvalue weighted by Crippen LogP contribution is -2.29. The van der Waals surface area contributed by atoms with Gasteiger partial charge in [0.2, 0.25) is 5.89 Å². The third-order valence-electron chi connectivity index (χ3n) is 4.36. The standard InChI is InChI=1S/C21H20F4N2O4S/c1-13(2)19-18(26-20(31-19)14-3-5-15(22)6-4-14)11-12-30-17-9-7-16(8-10-17)27-32(28,29)21(23,24)25/h3-10,13,27H,11-12H2,1-2H3. The van der Waals surface area contributed by atoms with Crippen LogP contribution < -0.4 is 9.46 Å². The Balaban J connectivity index is 1.64. The lowest BCUT2D eigenvalue weighted by atomic mass is 10.1. The summed E-state index contributed by atoms with van der Waals surface area (Å²) < 4.78 is 85.6. The molecular formula is C21H20F4N2O4S. The smallest absolute Gasteiger partial charge is 0.493 e. The van der Waals surface area contributed by atoms with Crippen molar-refractivity contribution >= 4 is 15.7 Å². The van der Waals surface area contributed by atoms with E-state index >= 15 is 0 Å².